The molecule has 2 unspecified atom stereocenters. The Balaban J connectivity index is 2.15. The zero-order chi connectivity index (χ0) is 13.8. The standard InChI is InChI=1S/C15H21NO3/c1-16(11-7-9-12(19-2)10-8-11)14-6-4-3-5-13(14)15(17)18/h7-10,13-14H,3-6H2,1-2H3,(H,17,18). The van der Waals surface area contributed by atoms with Gasteiger partial charge in [-0.3, -0.25) is 4.79 Å². The molecule has 2 atom stereocenters. The third-order valence-corrected chi connectivity index (χ3v) is 4.02. The molecule has 0 bridgehead atoms. The average Bonchev–Trinajstić information content (AvgIpc) is 2.46. The van der Waals surface area contributed by atoms with Crippen molar-refractivity contribution in [3.63, 3.8) is 0 Å². The summed E-state index contributed by atoms with van der Waals surface area (Å²) in [4.78, 5) is 13.4. The molecule has 0 saturated heterocycles. The van der Waals surface area contributed by atoms with Gasteiger partial charge in [-0.2, -0.15) is 0 Å². The number of carbonyl (C=O) groups is 1. The molecule has 0 heterocycles. The molecule has 1 saturated carbocycles. The molecule has 19 heavy (non-hydrogen) atoms. The van der Waals surface area contributed by atoms with Crippen molar-refractivity contribution in [1.82, 2.24) is 0 Å². The van der Waals surface area contributed by atoms with Gasteiger partial charge in [-0.1, -0.05) is 12.8 Å². The van der Waals surface area contributed by atoms with Crippen LogP contribution in [0.4, 0.5) is 5.69 Å². The maximum atomic E-state index is 11.4. The summed E-state index contributed by atoms with van der Waals surface area (Å²) >= 11 is 0. The summed E-state index contributed by atoms with van der Waals surface area (Å²) in [6.07, 6.45) is 3.85. The molecule has 1 aromatic carbocycles. The minimum atomic E-state index is -0.676. The Morgan fingerprint density at radius 2 is 1.89 bits per heavy atom. The van der Waals surface area contributed by atoms with Crippen LogP contribution >= 0.6 is 0 Å². The first-order chi connectivity index (χ1) is 9.13. The average molecular weight is 263 g/mol. The van der Waals surface area contributed by atoms with Crippen molar-refractivity contribution in [3.8, 4) is 5.75 Å². The highest BCUT2D eigenvalue weighted by Gasteiger charge is 2.33. The van der Waals surface area contributed by atoms with E-state index in [1.54, 1.807) is 7.11 Å². The zero-order valence-electron chi connectivity index (χ0n) is 11.5. The number of aliphatic carboxylic acids is 1. The van der Waals surface area contributed by atoms with Crippen molar-refractivity contribution in [1.29, 1.82) is 0 Å². The van der Waals surface area contributed by atoms with Gasteiger partial charge in [0.25, 0.3) is 0 Å². The predicted molar refractivity (Wildman–Crippen MR) is 74.8 cm³/mol. The molecule has 4 heteroatoms. The lowest BCUT2D eigenvalue weighted by Crippen LogP contribution is -2.43. The highest BCUT2D eigenvalue weighted by atomic mass is 16.5. The second-order valence-corrected chi connectivity index (χ2v) is 5.11. The van der Waals surface area contributed by atoms with Crippen LogP contribution in [0, 0.1) is 5.92 Å². The maximum absolute atomic E-state index is 11.4. The van der Waals surface area contributed by atoms with E-state index in [1.807, 2.05) is 31.3 Å². The molecule has 0 amide bonds. The fraction of sp³-hybridized carbons (Fsp3) is 0.533. The Labute approximate surface area is 114 Å². The van der Waals surface area contributed by atoms with Crippen LogP contribution in [0.15, 0.2) is 24.3 Å². The van der Waals surface area contributed by atoms with Crippen molar-refractivity contribution in [3.05, 3.63) is 24.3 Å². The summed E-state index contributed by atoms with van der Waals surface area (Å²) in [5, 5.41) is 9.34. The Morgan fingerprint density at radius 3 is 2.47 bits per heavy atom. The predicted octanol–water partition coefficient (Wildman–Crippen LogP) is 2.77. The molecule has 1 aromatic rings. The number of carboxylic acid groups (broad SMARTS) is 1. The number of anilines is 1. The van der Waals surface area contributed by atoms with E-state index in [9.17, 15) is 9.90 Å². The van der Waals surface area contributed by atoms with E-state index in [-0.39, 0.29) is 12.0 Å². The number of benzene rings is 1. The lowest BCUT2D eigenvalue weighted by atomic mass is 9.83. The highest BCUT2D eigenvalue weighted by molar-refractivity contribution is 5.72. The molecule has 4 nitrogen and oxygen atoms in total. The van der Waals surface area contributed by atoms with E-state index in [2.05, 4.69) is 4.90 Å². The molecule has 1 aliphatic carbocycles. The third-order valence-electron chi connectivity index (χ3n) is 4.02. The first-order valence-electron chi connectivity index (χ1n) is 6.73. The number of carboxylic acids is 1. The van der Waals surface area contributed by atoms with Crippen molar-refractivity contribution >= 4 is 11.7 Å². The molecule has 1 aliphatic rings. The summed E-state index contributed by atoms with van der Waals surface area (Å²) in [5.41, 5.74) is 1.04. The normalized spacial score (nSPS) is 22.8. The Bertz CT molecular complexity index is 430. The largest absolute Gasteiger partial charge is 0.497 e. The van der Waals surface area contributed by atoms with Crippen molar-refractivity contribution in [2.24, 2.45) is 5.92 Å². The van der Waals surface area contributed by atoms with E-state index < -0.39 is 5.97 Å². The molecular weight excluding hydrogens is 242 g/mol. The first kappa shape index (κ1) is 13.7. The Kier molecular flexibility index (Phi) is 4.30. The number of ether oxygens (including phenoxy) is 1. The smallest absolute Gasteiger partial charge is 0.308 e. The maximum Gasteiger partial charge on any atom is 0.308 e. The molecular formula is C15H21NO3. The SMILES string of the molecule is COc1ccc(N(C)C2CCCCC2C(=O)O)cc1. The van der Waals surface area contributed by atoms with Gasteiger partial charge in [0.15, 0.2) is 0 Å². The highest BCUT2D eigenvalue weighted by Crippen LogP contribution is 2.31. The molecule has 0 aromatic heterocycles. The van der Waals surface area contributed by atoms with Crippen LogP contribution in [0.5, 0.6) is 5.75 Å². The van der Waals surface area contributed by atoms with E-state index >= 15 is 0 Å². The fourth-order valence-electron chi connectivity index (χ4n) is 2.87. The van der Waals surface area contributed by atoms with Gasteiger partial charge in [0.05, 0.1) is 13.0 Å². The number of rotatable bonds is 4. The van der Waals surface area contributed by atoms with Gasteiger partial charge in [0.1, 0.15) is 5.75 Å². The van der Waals surface area contributed by atoms with Gasteiger partial charge in [-0.15, -0.1) is 0 Å². The molecule has 2 rings (SSSR count). The summed E-state index contributed by atoms with van der Waals surface area (Å²) in [5.74, 6) is -0.124. The topological polar surface area (TPSA) is 49.8 Å². The zero-order valence-corrected chi connectivity index (χ0v) is 11.5. The van der Waals surface area contributed by atoms with Gasteiger partial charge in [-0.25, -0.2) is 0 Å². The minimum Gasteiger partial charge on any atom is -0.497 e. The summed E-state index contributed by atoms with van der Waals surface area (Å²) in [7, 11) is 3.62. The number of methoxy groups -OCH3 is 1. The van der Waals surface area contributed by atoms with Crippen molar-refractivity contribution in [2.45, 2.75) is 31.7 Å². The molecule has 0 radical (unpaired) electrons. The van der Waals surface area contributed by atoms with Crippen molar-refractivity contribution in [2.75, 3.05) is 19.1 Å². The number of nitrogens with zero attached hydrogens (tertiary/aromatic N) is 1. The second-order valence-electron chi connectivity index (χ2n) is 5.11. The molecule has 0 spiro atoms. The number of hydrogen-bond donors (Lipinski definition) is 1. The molecule has 1 fully saturated rings. The number of hydrogen-bond acceptors (Lipinski definition) is 3. The van der Waals surface area contributed by atoms with E-state index in [1.165, 1.54) is 0 Å². The Hall–Kier alpha value is -1.71. The lowest BCUT2D eigenvalue weighted by molar-refractivity contribution is -0.143. The van der Waals surface area contributed by atoms with Gasteiger partial charge in [0.2, 0.25) is 0 Å². The summed E-state index contributed by atoms with van der Waals surface area (Å²) in [6.45, 7) is 0. The van der Waals surface area contributed by atoms with Crippen LogP contribution in [0.3, 0.4) is 0 Å². The molecule has 0 aliphatic heterocycles. The minimum absolute atomic E-state index is 0.0830. The Morgan fingerprint density at radius 1 is 1.26 bits per heavy atom. The van der Waals surface area contributed by atoms with Crippen LogP contribution in [-0.2, 0) is 4.79 Å². The van der Waals surface area contributed by atoms with E-state index in [0.29, 0.717) is 0 Å². The van der Waals surface area contributed by atoms with Crippen LogP contribution in [0.25, 0.3) is 0 Å². The molecule has 1 N–H and O–H groups in total. The van der Waals surface area contributed by atoms with Gasteiger partial charge in [0, 0.05) is 18.8 Å². The summed E-state index contributed by atoms with van der Waals surface area (Å²) < 4.78 is 5.14. The van der Waals surface area contributed by atoms with Gasteiger partial charge < -0.3 is 14.7 Å². The van der Waals surface area contributed by atoms with Gasteiger partial charge >= 0.3 is 5.97 Å². The third kappa shape index (κ3) is 3.00. The van der Waals surface area contributed by atoms with Crippen LogP contribution < -0.4 is 9.64 Å². The first-order valence-corrected chi connectivity index (χ1v) is 6.73. The van der Waals surface area contributed by atoms with E-state index in [4.69, 9.17) is 4.74 Å². The van der Waals surface area contributed by atoms with Gasteiger partial charge in [-0.05, 0) is 37.1 Å². The summed E-state index contributed by atoms with van der Waals surface area (Å²) in [6, 6.07) is 7.85. The van der Waals surface area contributed by atoms with Crippen molar-refractivity contribution < 1.29 is 14.6 Å². The van der Waals surface area contributed by atoms with Crippen LogP contribution in [0.1, 0.15) is 25.7 Å². The van der Waals surface area contributed by atoms with E-state index in [0.717, 1.165) is 37.1 Å². The van der Waals surface area contributed by atoms with Crippen LogP contribution in [0.2, 0.25) is 0 Å². The quantitative estimate of drug-likeness (QED) is 0.907. The monoisotopic (exact) mass is 263 g/mol. The second kappa shape index (κ2) is 5.95. The van der Waals surface area contributed by atoms with Crippen LogP contribution in [-0.4, -0.2) is 31.3 Å². The lowest BCUT2D eigenvalue weighted by Gasteiger charge is -2.37. The fourth-order valence-corrected chi connectivity index (χ4v) is 2.87. The molecule has 104 valence electrons.